The molecular formula is C49H38. The van der Waals surface area contributed by atoms with Crippen LogP contribution in [0.2, 0.25) is 0 Å². The van der Waals surface area contributed by atoms with Gasteiger partial charge >= 0.3 is 0 Å². The first-order valence-corrected chi connectivity index (χ1v) is 16.8. The Bertz CT molecular complexity index is 2280. The average Bonchev–Trinajstić information content (AvgIpc) is 3.17. The van der Waals surface area contributed by atoms with Crippen LogP contribution in [0.5, 0.6) is 0 Å². The van der Waals surface area contributed by atoms with Gasteiger partial charge in [0, 0.05) is 5.57 Å². The number of aryl methyl sites for hydroxylation is 1. The molecule has 0 heteroatoms. The molecule has 49 heavy (non-hydrogen) atoms. The van der Waals surface area contributed by atoms with Gasteiger partial charge in [-0.1, -0.05) is 183 Å². The fourth-order valence-electron chi connectivity index (χ4n) is 6.63. The summed E-state index contributed by atoms with van der Waals surface area (Å²) in [6.45, 7) is 6.25. The predicted octanol–water partition coefficient (Wildman–Crippen LogP) is 13.1. The molecule has 0 saturated carbocycles. The van der Waals surface area contributed by atoms with Crippen molar-refractivity contribution < 1.29 is 0 Å². The molecule has 7 aromatic rings. The molecule has 0 aliphatic rings. The van der Waals surface area contributed by atoms with E-state index in [-0.39, 0.29) is 0 Å². The van der Waals surface area contributed by atoms with E-state index in [9.17, 15) is 0 Å². The Balaban J connectivity index is 1.37. The Morgan fingerprint density at radius 2 is 1.10 bits per heavy atom. The maximum Gasteiger partial charge on any atom is 0.0231 e. The van der Waals surface area contributed by atoms with Crippen LogP contribution >= 0.6 is 0 Å². The predicted molar refractivity (Wildman–Crippen MR) is 210 cm³/mol. The Kier molecular flexibility index (Phi) is 9.42. The maximum absolute atomic E-state index is 4.06. The molecule has 0 unspecified atom stereocenters. The lowest BCUT2D eigenvalue weighted by Gasteiger charge is -2.18. The Hall–Kier alpha value is -6.20. The maximum atomic E-state index is 4.06. The van der Waals surface area contributed by atoms with Gasteiger partial charge in [0.2, 0.25) is 0 Å². The van der Waals surface area contributed by atoms with E-state index >= 15 is 0 Å². The van der Waals surface area contributed by atoms with E-state index < -0.39 is 0 Å². The third kappa shape index (κ3) is 7.07. The normalized spacial score (nSPS) is 11.0. The van der Waals surface area contributed by atoms with E-state index in [0.717, 1.165) is 23.1 Å². The summed E-state index contributed by atoms with van der Waals surface area (Å²) in [5, 5.41) is 0. The van der Waals surface area contributed by atoms with Crippen LogP contribution in [0.1, 0.15) is 27.8 Å². The van der Waals surface area contributed by atoms with Crippen LogP contribution in [0.25, 0.3) is 56.2 Å². The van der Waals surface area contributed by atoms with Crippen molar-refractivity contribution in [1.82, 2.24) is 0 Å². The first-order chi connectivity index (χ1) is 24.2. The van der Waals surface area contributed by atoms with Gasteiger partial charge in [0.15, 0.2) is 0 Å². The first kappa shape index (κ1) is 31.4. The van der Waals surface area contributed by atoms with E-state index in [4.69, 9.17) is 0 Å². The molecule has 0 N–H and O–H groups in total. The molecule has 0 heterocycles. The molecule has 0 nitrogen and oxygen atoms in total. The van der Waals surface area contributed by atoms with Crippen molar-refractivity contribution in [3.63, 3.8) is 0 Å². The molecule has 0 atom stereocenters. The summed E-state index contributed by atoms with van der Waals surface area (Å²) in [5.74, 6) is 0. The van der Waals surface area contributed by atoms with Crippen molar-refractivity contribution in [2.45, 2.75) is 13.3 Å². The van der Waals surface area contributed by atoms with Crippen molar-refractivity contribution in [2.24, 2.45) is 0 Å². The lowest BCUT2D eigenvalue weighted by molar-refractivity contribution is 1.19. The molecule has 234 valence electrons. The van der Waals surface area contributed by atoms with E-state index in [1.807, 2.05) is 6.07 Å². The number of benzene rings is 7. The zero-order valence-electron chi connectivity index (χ0n) is 27.8. The summed E-state index contributed by atoms with van der Waals surface area (Å²) < 4.78 is 0. The highest BCUT2D eigenvalue weighted by molar-refractivity contribution is 5.94. The summed E-state index contributed by atoms with van der Waals surface area (Å²) in [6, 6.07) is 63.0. The van der Waals surface area contributed by atoms with Gasteiger partial charge in [0.25, 0.3) is 0 Å². The largest absolute Gasteiger partial charge is 0.120 e. The molecule has 0 spiro atoms. The SMILES string of the molecule is C=C=C(/C=C/c1ccccc1)c1ccc(-c2cc(Cc3ccccc3-c3ccccc3C)ccc2-c2ccccc2)c(-c2ccccc2)c1. The number of hydrogen-bond acceptors (Lipinski definition) is 0. The average molecular weight is 627 g/mol. The highest BCUT2D eigenvalue weighted by Crippen LogP contribution is 2.41. The number of hydrogen-bond donors (Lipinski definition) is 0. The Labute approximate surface area is 290 Å². The van der Waals surface area contributed by atoms with Crippen LogP contribution < -0.4 is 0 Å². The second kappa shape index (κ2) is 14.7. The molecule has 7 aromatic carbocycles. The van der Waals surface area contributed by atoms with Gasteiger partial charge in [-0.05, 0) is 97.8 Å². The number of allylic oxidation sites excluding steroid dienone is 2. The minimum absolute atomic E-state index is 0.832. The summed E-state index contributed by atoms with van der Waals surface area (Å²) >= 11 is 0. The minimum Gasteiger partial charge on any atom is -0.120 e. The second-order valence-electron chi connectivity index (χ2n) is 12.4. The fraction of sp³-hybridized carbons (Fsp3) is 0.0408. The molecule has 0 amide bonds. The molecule has 7 rings (SSSR count). The lowest BCUT2D eigenvalue weighted by Crippen LogP contribution is -1.96. The van der Waals surface area contributed by atoms with Crippen molar-refractivity contribution in [3.05, 3.63) is 222 Å². The van der Waals surface area contributed by atoms with Gasteiger partial charge in [0.05, 0.1) is 0 Å². The highest BCUT2D eigenvalue weighted by atomic mass is 14.2. The van der Waals surface area contributed by atoms with Crippen molar-refractivity contribution in [2.75, 3.05) is 0 Å². The first-order valence-electron chi connectivity index (χ1n) is 16.8. The van der Waals surface area contributed by atoms with Gasteiger partial charge in [-0.2, -0.15) is 0 Å². The molecule has 0 bridgehead atoms. The van der Waals surface area contributed by atoms with Crippen LogP contribution in [0.4, 0.5) is 0 Å². The highest BCUT2D eigenvalue weighted by Gasteiger charge is 2.16. The molecule has 0 aliphatic carbocycles. The van der Waals surface area contributed by atoms with Gasteiger partial charge in [0.1, 0.15) is 0 Å². The van der Waals surface area contributed by atoms with Crippen LogP contribution in [-0.4, -0.2) is 0 Å². The smallest absolute Gasteiger partial charge is 0.0231 e. The minimum atomic E-state index is 0.832. The van der Waals surface area contributed by atoms with Crippen molar-refractivity contribution >= 4 is 11.6 Å². The summed E-state index contributed by atoms with van der Waals surface area (Å²) in [4.78, 5) is 0. The van der Waals surface area contributed by atoms with Gasteiger partial charge < -0.3 is 0 Å². The number of rotatable bonds is 9. The van der Waals surface area contributed by atoms with E-state index in [2.05, 4.69) is 201 Å². The monoisotopic (exact) mass is 626 g/mol. The molecule has 0 fully saturated rings. The van der Waals surface area contributed by atoms with Gasteiger partial charge in [-0.15, -0.1) is 5.73 Å². The quantitative estimate of drug-likeness (QED) is 0.110. The topological polar surface area (TPSA) is 0 Å². The van der Waals surface area contributed by atoms with Crippen LogP contribution in [-0.2, 0) is 6.42 Å². The zero-order chi connectivity index (χ0) is 33.4. The Morgan fingerprint density at radius 1 is 0.510 bits per heavy atom. The standard InChI is InChI=1S/C49H38/c1-3-39(29-27-37-18-7-4-8-19-37)42-30-32-47(48(35-42)41-22-11-6-12-23-41)49-34-38(28-31-46(49)40-20-9-5-10-21-40)33-43-24-14-16-26-45(43)44-25-15-13-17-36(44)2/h4-32,34-35H,1,33H2,2H3/b29-27+. The fourth-order valence-corrected chi connectivity index (χ4v) is 6.63. The molecule has 0 aliphatic heterocycles. The second-order valence-corrected chi connectivity index (χ2v) is 12.4. The van der Waals surface area contributed by atoms with Crippen LogP contribution in [0.3, 0.4) is 0 Å². The molecule has 0 saturated heterocycles. The van der Waals surface area contributed by atoms with Crippen LogP contribution in [0, 0.1) is 6.92 Å². The molecule has 0 radical (unpaired) electrons. The van der Waals surface area contributed by atoms with E-state index in [1.165, 1.54) is 61.2 Å². The van der Waals surface area contributed by atoms with Crippen LogP contribution in [0.15, 0.2) is 194 Å². The van der Waals surface area contributed by atoms with E-state index in [0.29, 0.717) is 0 Å². The van der Waals surface area contributed by atoms with Crippen molar-refractivity contribution in [3.8, 4) is 44.5 Å². The summed E-state index contributed by atoms with van der Waals surface area (Å²) in [5.41, 5.74) is 20.0. The lowest BCUT2D eigenvalue weighted by atomic mass is 9.85. The van der Waals surface area contributed by atoms with Gasteiger partial charge in [-0.3, -0.25) is 0 Å². The Morgan fingerprint density at radius 3 is 1.80 bits per heavy atom. The third-order valence-electron chi connectivity index (χ3n) is 9.15. The summed E-state index contributed by atoms with van der Waals surface area (Å²) in [7, 11) is 0. The van der Waals surface area contributed by atoms with E-state index in [1.54, 1.807) is 0 Å². The van der Waals surface area contributed by atoms with Gasteiger partial charge in [-0.25, -0.2) is 0 Å². The van der Waals surface area contributed by atoms with Crippen molar-refractivity contribution in [1.29, 1.82) is 0 Å². The molecule has 0 aromatic heterocycles. The molecular weight excluding hydrogens is 589 g/mol. The summed E-state index contributed by atoms with van der Waals surface area (Å²) in [6.07, 6.45) is 5.06. The third-order valence-corrected chi connectivity index (χ3v) is 9.15. The zero-order valence-corrected chi connectivity index (χ0v) is 27.8.